The summed E-state index contributed by atoms with van der Waals surface area (Å²) < 4.78 is 5.10. The summed E-state index contributed by atoms with van der Waals surface area (Å²) >= 11 is 0. The molecular formula is C12H17NO2. The maximum atomic E-state index is 11.5. The van der Waals surface area contributed by atoms with E-state index in [9.17, 15) is 4.79 Å². The van der Waals surface area contributed by atoms with Crippen molar-refractivity contribution in [3.05, 3.63) is 29.8 Å². The number of nitrogens with one attached hydrogen (secondary N) is 1. The maximum absolute atomic E-state index is 11.5. The minimum atomic E-state index is -0.258. The Morgan fingerprint density at radius 2 is 1.93 bits per heavy atom. The first-order valence-corrected chi connectivity index (χ1v) is 5.08. The van der Waals surface area contributed by atoms with Crippen LogP contribution in [0.2, 0.25) is 0 Å². The average molecular weight is 207 g/mol. The molecular weight excluding hydrogens is 190 g/mol. The fourth-order valence-corrected chi connectivity index (χ4v) is 1.10. The van der Waals surface area contributed by atoms with E-state index in [1.165, 1.54) is 0 Å². The molecule has 0 bridgehead atoms. The molecule has 0 aromatic heterocycles. The van der Waals surface area contributed by atoms with E-state index >= 15 is 0 Å². The van der Waals surface area contributed by atoms with Crippen LogP contribution in [-0.4, -0.2) is 19.6 Å². The first kappa shape index (κ1) is 11.6. The molecule has 1 rings (SSSR count). The van der Waals surface area contributed by atoms with Crippen molar-refractivity contribution in [3.8, 4) is 0 Å². The van der Waals surface area contributed by atoms with Crippen molar-refractivity contribution in [1.82, 2.24) is 0 Å². The van der Waals surface area contributed by atoms with Crippen molar-refractivity contribution in [1.29, 1.82) is 0 Å². The number of hydrogen-bond acceptors (Lipinski definition) is 3. The lowest BCUT2D eigenvalue weighted by molar-refractivity contribution is 0.0459. The molecule has 3 heteroatoms. The molecule has 1 aromatic carbocycles. The Morgan fingerprint density at radius 1 is 1.33 bits per heavy atom. The van der Waals surface area contributed by atoms with Crippen molar-refractivity contribution < 1.29 is 9.53 Å². The van der Waals surface area contributed by atoms with Crippen LogP contribution in [0.4, 0.5) is 5.69 Å². The van der Waals surface area contributed by atoms with E-state index in [1.54, 1.807) is 12.1 Å². The van der Waals surface area contributed by atoms with Gasteiger partial charge in [-0.1, -0.05) is 13.8 Å². The topological polar surface area (TPSA) is 38.3 Å². The largest absolute Gasteiger partial charge is 0.462 e. The van der Waals surface area contributed by atoms with Crippen LogP contribution < -0.4 is 5.32 Å². The lowest BCUT2D eigenvalue weighted by Crippen LogP contribution is -2.10. The van der Waals surface area contributed by atoms with Gasteiger partial charge in [0.25, 0.3) is 0 Å². The summed E-state index contributed by atoms with van der Waals surface area (Å²) in [5.41, 5.74) is 1.57. The molecule has 0 aliphatic carbocycles. The lowest BCUT2D eigenvalue weighted by Gasteiger charge is -2.07. The van der Waals surface area contributed by atoms with Crippen LogP contribution in [0.25, 0.3) is 0 Å². The molecule has 0 radical (unpaired) electrons. The zero-order valence-electron chi connectivity index (χ0n) is 9.41. The molecule has 0 saturated heterocycles. The Labute approximate surface area is 90.4 Å². The normalized spacial score (nSPS) is 10.1. The number of ether oxygens (including phenoxy) is 1. The van der Waals surface area contributed by atoms with Crippen LogP contribution in [0.15, 0.2) is 24.3 Å². The number of rotatable bonds is 4. The molecule has 0 aliphatic rings. The van der Waals surface area contributed by atoms with Gasteiger partial charge in [-0.25, -0.2) is 4.79 Å². The molecule has 0 spiro atoms. The number of esters is 1. The van der Waals surface area contributed by atoms with Crippen molar-refractivity contribution in [2.45, 2.75) is 13.8 Å². The smallest absolute Gasteiger partial charge is 0.338 e. The predicted molar refractivity (Wildman–Crippen MR) is 61.1 cm³/mol. The Kier molecular flexibility index (Phi) is 4.16. The first-order valence-electron chi connectivity index (χ1n) is 5.08. The number of benzene rings is 1. The fourth-order valence-electron chi connectivity index (χ4n) is 1.10. The number of carbonyl (C=O) groups excluding carboxylic acids is 1. The van der Waals surface area contributed by atoms with Gasteiger partial charge in [0.05, 0.1) is 12.2 Å². The molecule has 0 aliphatic heterocycles. The standard InChI is InChI=1S/C12H17NO2/c1-9(2)8-15-12(14)10-4-6-11(13-3)7-5-10/h4-7,9,13H,8H2,1-3H3. The van der Waals surface area contributed by atoms with Gasteiger partial charge in [-0.15, -0.1) is 0 Å². The highest BCUT2D eigenvalue weighted by Gasteiger charge is 2.07. The second kappa shape index (κ2) is 5.39. The van der Waals surface area contributed by atoms with Crippen LogP contribution in [0.3, 0.4) is 0 Å². The molecule has 1 N–H and O–H groups in total. The summed E-state index contributed by atoms with van der Waals surface area (Å²) in [5, 5.41) is 2.99. The second-order valence-corrected chi connectivity index (χ2v) is 3.82. The Hall–Kier alpha value is -1.51. The van der Waals surface area contributed by atoms with Crippen LogP contribution in [0, 0.1) is 5.92 Å². The minimum absolute atomic E-state index is 0.258. The third kappa shape index (κ3) is 3.62. The van der Waals surface area contributed by atoms with E-state index < -0.39 is 0 Å². The zero-order valence-corrected chi connectivity index (χ0v) is 9.41. The van der Waals surface area contributed by atoms with E-state index in [4.69, 9.17) is 4.74 Å². The molecule has 15 heavy (non-hydrogen) atoms. The quantitative estimate of drug-likeness (QED) is 0.771. The molecule has 0 saturated carbocycles. The van der Waals surface area contributed by atoms with Gasteiger partial charge in [-0.3, -0.25) is 0 Å². The molecule has 82 valence electrons. The van der Waals surface area contributed by atoms with Gasteiger partial charge in [-0.05, 0) is 30.2 Å². The van der Waals surface area contributed by atoms with Crippen molar-refractivity contribution >= 4 is 11.7 Å². The molecule has 0 unspecified atom stereocenters. The van der Waals surface area contributed by atoms with Crippen LogP contribution in [0.1, 0.15) is 24.2 Å². The molecule has 0 atom stereocenters. The van der Waals surface area contributed by atoms with Gasteiger partial charge < -0.3 is 10.1 Å². The monoisotopic (exact) mass is 207 g/mol. The second-order valence-electron chi connectivity index (χ2n) is 3.82. The molecule has 0 fully saturated rings. The third-order valence-electron chi connectivity index (χ3n) is 1.96. The lowest BCUT2D eigenvalue weighted by atomic mass is 10.2. The number of hydrogen-bond donors (Lipinski definition) is 1. The predicted octanol–water partition coefficient (Wildman–Crippen LogP) is 2.54. The van der Waals surface area contributed by atoms with Crippen LogP contribution in [-0.2, 0) is 4.74 Å². The van der Waals surface area contributed by atoms with Crippen molar-refractivity contribution in [2.75, 3.05) is 19.0 Å². The summed E-state index contributed by atoms with van der Waals surface area (Å²) in [5.74, 6) is 0.108. The first-order chi connectivity index (χ1) is 7.13. The molecule has 0 heterocycles. The van der Waals surface area contributed by atoms with E-state index in [-0.39, 0.29) is 5.97 Å². The third-order valence-corrected chi connectivity index (χ3v) is 1.96. The van der Waals surface area contributed by atoms with Gasteiger partial charge in [0.15, 0.2) is 0 Å². The van der Waals surface area contributed by atoms with E-state index in [1.807, 2.05) is 33.0 Å². The van der Waals surface area contributed by atoms with Gasteiger partial charge in [-0.2, -0.15) is 0 Å². The van der Waals surface area contributed by atoms with E-state index in [0.717, 1.165) is 5.69 Å². The Balaban J connectivity index is 2.58. The van der Waals surface area contributed by atoms with Gasteiger partial charge in [0.2, 0.25) is 0 Å². The summed E-state index contributed by atoms with van der Waals surface area (Å²) in [6.45, 7) is 4.49. The summed E-state index contributed by atoms with van der Waals surface area (Å²) in [7, 11) is 1.84. The highest BCUT2D eigenvalue weighted by molar-refractivity contribution is 5.89. The van der Waals surface area contributed by atoms with E-state index in [2.05, 4.69) is 5.32 Å². The Morgan fingerprint density at radius 3 is 2.40 bits per heavy atom. The van der Waals surface area contributed by atoms with E-state index in [0.29, 0.717) is 18.1 Å². The maximum Gasteiger partial charge on any atom is 0.338 e. The average Bonchev–Trinajstić information content (AvgIpc) is 2.26. The SMILES string of the molecule is CNc1ccc(C(=O)OCC(C)C)cc1. The van der Waals surface area contributed by atoms with Gasteiger partial charge in [0, 0.05) is 12.7 Å². The van der Waals surface area contributed by atoms with Crippen molar-refractivity contribution in [3.63, 3.8) is 0 Å². The van der Waals surface area contributed by atoms with Crippen LogP contribution >= 0.6 is 0 Å². The summed E-state index contributed by atoms with van der Waals surface area (Å²) in [6, 6.07) is 7.22. The Bertz CT molecular complexity index is 317. The van der Waals surface area contributed by atoms with Gasteiger partial charge >= 0.3 is 5.97 Å². The summed E-state index contributed by atoms with van der Waals surface area (Å²) in [6.07, 6.45) is 0. The summed E-state index contributed by atoms with van der Waals surface area (Å²) in [4.78, 5) is 11.5. The zero-order chi connectivity index (χ0) is 11.3. The molecule has 1 aromatic rings. The molecule has 0 amide bonds. The highest BCUT2D eigenvalue weighted by Crippen LogP contribution is 2.10. The highest BCUT2D eigenvalue weighted by atomic mass is 16.5. The number of carbonyl (C=O) groups is 1. The van der Waals surface area contributed by atoms with Crippen molar-refractivity contribution in [2.24, 2.45) is 5.92 Å². The molecule has 3 nitrogen and oxygen atoms in total. The fraction of sp³-hybridized carbons (Fsp3) is 0.417. The van der Waals surface area contributed by atoms with Crippen LogP contribution in [0.5, 0.6) is 0 Å². The van der Waals surface area contributed by atoms with Gasteiger partial charge in [0.1, 0.15) is 0 Å². The number of anilines is 1. The minimum Gasteiger partial charge on any atom is -0.462 e.